The number of rotatable bonds is 1. The highest BCUT2D eigenvalue weighted by atomic mass is 16.3. The first-order valence-corrected chi connectivity index (χ1v) is 5.58. The van der Waals surface area contributed by atoms with Crippen molar-refractivity contribution in [2.24, 2.45) is 0 Å². The third kappa shape index (κ3) is 2.26. The molecule has 0 fully saturated rings. The van der Waals surface area contributed by atoms with Gasteiger partial charge in [0.1, 0.15) is 11.5 Å². The summed E-state index contributed by atoms with van der Waals surface area (Å²) in [5.41, 5.74) is 4.41. The maximum Gasteiger partial charge on any atom is 0.127 e. The van der Waals surface area contributed by atoms with Gasteiger partial charge >= 0.3 is 0 Å². The lowest BCUT2D eigenvalue weighted by Gasteiger charge is -2.10. The first kappa shape index (κ1) is 11.5. The van der Waals surface area contributed by atoms with Gasteiger partial charge in [0.2, 0.25) is 0 Å². The van der Waals surface area contributed by atoms with Crippen LogP contribution >= 0.6 is 0 Å². The minimum atomic E-state index is 0.118. The van der Waals surface area contributed by atoms with Gasteiger partial charge in [-0.1, -0.05) is 29.3 Å². The van der Waals surface area contributed by atoms with Gasteiger partial charge in [-0.25, -0.2) is 0 Å². The van der Waals surface area contributed by atoms with Crippen LogP contribution in [0.3, 0.4) is 0 Å². The van der Waals surface area contributed by atoms with E-state index in [9.17, 15) is 10.2 Å². The summed E-state index contributed by atoms with van der Waals surface area (Å²) in [6.07, 6.45) is 0. The highest BCUT2D eigenvalue weighted by molar-refractivity contribution is 5.77. The van der Waals surface area contributed by atoms with E-state index in [-0.39, 0.29) is 11.5 Å². The first-order valence-electron chi connectivity index (χ1n) is 5.58. The summed E-state index contributed by atoms with van der Waals surface area (Å²) in [5, 5.41) is 19.9. The molecule has 88 valence electrons. The molecule has 2 nitrogen and oxygen atoms in total. The molecule has 0 saturated carbocycles. The molecular weight excluding hydrogens is 212 g/mol. The lowest BCUT2D eigenvalue weighted by Crippen LogP contribution is -1.86. The van der Waals surface area contributed by atoms with Crippen molar-refractivity contribution in [1.29, 1.82) is 0 Å². The molecule has 0 aliphatic rings. The second-order valence-corrected chi connectivity index (χ2v) is 4.55. The van der Waals surface area contributed by atoms with Gasteiger partial charge < -0.3 is 10.2 Å². The minimum Gasteiger partial charge on any atom is -0.507 e. The van der Waals surface area contributed by atoms with Crippen molar-refractivity contribution in [3.05, 3.63) is 47.0 Å². The van der Waals surface area contributed by atoms with Crippen molar-refractivity contribution in [2.75, 3.05) is 0 Å². The van der Waals surface area contributed by atoms with E-state index in [0.717, 1.165) is 22.3 Å². The molecule has 2 aromatic carbocycles. The van der Waals surface area contributed by atoms with Gasteiger partial charge in [-0.05, 0) is 44.0 Å². The van der Waals surface area contributed by atoms with Crippen LogP contribution in [-0.4, -0.2) is 10.2 Å². The van der Waals surface area contributed by atoms with E-state index in [4.69, 9.17) is 0 Å². The Bertz CT molecular complexity index is 528. The highest BCUT2D eigenvalue weighted by Gasteiger charge is 2.11. The van der Waals surface area contributed by atoms with E-state index < -0.39 is 0 Å². The number of hydrogen-bond acceptors (Lipinski definition) is 2. The van der Waals surface area contributed by atoms with Crippen molar-refractivity contribution in [3.63, 3.8) is 0 Å². The third-order valence-corrected chi connectivity index (χ3v) is 2.75. The van der Waals surface area contributed by atoms with Crippen molar-refractivity contribution < 1.29 is 10.2 Å². The van der Waals surface area contributed by atoms with Crippen LogP contribution in [0.2, 0.25) is 0 Å². The average molecular weight is 228 g/mol. The molecule has 0 aromatic heterocycles. The lowest BCUT2D eigenvalue weighted by molar-refractivity contribution is 0.453. The van der Waals surface area contributed by atoms with Crippen LogP contribution in [0.1, 0.15) is 16.7 Å². The largest absolute Gasteiger partial charge is 0.507 e. The summed E-state index contributed by atoms with van der Waals surface area (Å²) in [7, 11) is 0. The standard InChI is InChI=1S/C15H16O2/c1-9-4-10(2)6-12(5-9)15-13(16)7-11(3)8-14(15)17/h4-8,16-17H,1-3H3. The lowest BCUT2D eigenvalue weighted by atomic mass is 9.98. The van der Waals surface area contributed by atoms with Gasteiger partial charge in [-0.15, -0.1) is 0 Å². The van der Waals surface area contributed by atoms with Gasteiger partial charge in [0, 0.05) is 0 Å². The smallest absolute Gasteiger partial charge is 0.127 e. The summed E-state index contributed by atoms with van der Waals surface area (Å²) in [5.74, 6) is 0.236. The molecule has 0 bridgehead atoms. The minimum absolute atomic E-state index is 0.118. The van der Waals surface area contributed by atoms with E-state index in [1.807, 2.05) is 32.9 Å². The summed E-state index contributed by atoms with van der Waals surface area (Å²) in [4.78, 5) is 0. The highest BCUT2D eigenvalue weighted by Crippen LogP contribution is 2.38. The van der Waals surface area contributed by atoms with Gasteiger partial charge in [0.25, 0.3) is 0 Å². The Hall–Kier alpha value is -1.96. The molecule has 0 heterocycles. The van der Waals surface area contributed by atoms with E-state index in [1.165, 1.54) is 0 Å². The van der Waals surface area contributed by atoms with E-state index in [1.54, 1.807) is 12.1 Å². The maximum absolute atomic E-state index is 9.95. The van der Waals surface area contributed by atoms with Gasteiger partial charge in [0.05, 0.1) is 5.56 Å². The van der Waals surface area contributed by atoms with Crippen LogP contribution in [0.4, 0.5) is 0 Å². The zero-order valence-electron chi connectivity index (χ0n) is 10.3. The number of hydrogen-bond donors (Lipinski definition) is 2. The Morgan fingerprint density at radius 3 is 1.53 bits per heavy atom. The molecule has 0 atom stereocenters. The van der Waals surface area contributed by atoms with Crippen molar-refractivity contribution in [2.45, 2.75) is 20.8 Å². The monoisotopic (exact) mass is 228 g/mol. The maximum atomic E-state index is 9.95. The van der Waals surface area contributed by atoms with Crippen molar-refractivity contribution >= 4 is 0 Å². The SMILES string of the molecule is Cc1cc(C)cc(-c2c(O)cc(C)cc2O)c1. The molecule has 0 amide bonds. The summed E-state index contributed by atoms with van der Waals surface area (Å²) in [6, 6.07) is 9.29. The molecule has 0 aliphatic heterocycles. The number of aryl methyl sites for hydroxylation is 3. The molecule has 17 heavy (non-hydrogen) atoms. The zero-order chi connectivity index (χ0) is 12.6. The number of aromatic hydroxyl groups is 2. The predicted octanol–water partition coefficient (Wildman–Crippen LogP) is 3.69. The Morgan fingerprint density at radius 2 is 1.06 bits per heavy atom. The van der Waals surface area contributed by atoms with Crippen LogP contribution in [0.25, 0.3) is 11.1 Å². The molecule has 2 heteroatoms. The molecule has 0 aliphatic carbocycles. The summed E-state index contributed by atoms with van der Waals surface area (Å²) in [6.45, 7) is 5.84. The van der Waals surface area contributed by atoms with E-state index in [0.29, 0.717) is 5.56 Å². The Balaban J connectivity index is 2.68. The fraction of sp³-hybridized carbons (Fsp3) is 0.200. The zero-order valence-corrected chi connectivity index (χ0v) is 10.3. The van der Waals surface area contributed by atoms with Crippen molar-refractivity contribution in [1.82, 2.24) is 0 Å². The third-order valence-electron chi connectivity index (χ3n) is 2.75. The fourth-order valence-corrected chi connectivity index (χ4v) is 2.16. The van der Waals surface area contributed by atoms with Crippen LogP contribution in [-0.2, 0) is 0 Å². The first-order chi connectivity index (χ1) is 7.97. The van der Waals surface area contributed by atoms with Crippen LogP contribution in [0, 0.1) is 20.8 Å². The molecule has 0 radical (unpaired) electrons. The second-order valence-electron chi connectivity index (χ2n) is 4.55. The van der Waals surface area contributed by atoms with E-state index >= 15 is 0 Å². The number of benzene rings is 2. The topological polar surface area (TPSA) is 40.5 Å². The molecular formula is C15H16O2. The number of phenols is 2. The Morgan fingerprint density at radius 1 is 0.647 bits per heavy atom. The molecule has 0 unspecified atom stereocenters. The second kappa shape index (κ2) is 4.13. The summed E-state index contributed by atoms with van der Waals surface area (Å²) < 4.78 is 0. The average Bonchev–Trinajstić information content (AvgIpc) is 2.13. The summed E-state index contributed by atoms with van der Waals surface area (Å²) >= 11 is 0. The number of phenolic OH excluding ortho intramolecular Hbond substituents is 2. The normalized spacial score (nSPS) is 10.5. The molecule has 2 aromatic rings. The Kier molecular flexibility index (Phi) is 2.80. The van der Waals surface area contributed by atoms with Crippen LogP contribution < -0.4 is 0 Å². The Labute approximate surface area is 101 Å². The van der Waals surface area contributed by atoms with Crippen LogP contribution in [0.5, 0.6) is 11.5 Å². The quantitative estimate of drug-likeness (QED) is 0.781. The van der Waals surface area contributed by atoms with Gasteiger partial charge in [-0.3, -0.25) is 0 Å². The van der Waals surface area contributed by atoms with Gasteiger partial charge in [0.15, 0.2) is 0 Å². The molecule has 2 rings (SSSR count). The van der Waals surface area contributed by atoms with Gasteiger partial charge in [-0.2, -0.15) is 0 Å². The molecule has 2 N–H and O–H groups in total. The van der Waals surface area contributed by atoms with Crippen molar-refractivity contribution in [3.8, 4) is 22.6 Å². The molecule has 0 saturated heterocycles. The van der Waals surface area contributed by atoms with E-state index in [2.05, 4.69) is 6.07 Å². The molecule has 0 spiro atoms. The fourth-order valence-electron chi connectivity index (χ4n) is 2.16. The van der Waals surface area contributed by atoms with Crippen LogP contribution in [0.15, 0.2) is 30.3 Å². The predicted molar refractivity (Wildman–Crippen MR) is 69.4 cm³/mol.